The Morgan fingerprint density at radius 2 is 1.25 bits per heavy atom. The van der Waals surface area contributed by atoms with Crippen LogP contribution in [0, 0.1) is 13.8 Å². The van der Waals surface area contributed by atoms with Crippen molar-refractivity contribution < 1.29 is 19.1 Å². The summed E-state index contributed by atoms with van der Waals surface area (Å²) in [5.41, 5.74) is 2.57. The van der Waals surface area contributed by atoms with Crippen molar-refractivity contribution >= 4 is 23.6 Å². The summed E-state index contributed by atoms with van der Waals surface area (Å²) >= 11 is 0. The van der Waals surface area contributed by atoms with E-state index < -0.39 is 11.9 Å². The molecule has 0 unspecified atom stereocenters. The van der Waals surface area contributed by atoms with Crippen molar-refractivity contribution in [1.82, 2.24) is 9.97 Å². The molecule has 2 aromatic rings. The Balaban J connectivity index is 1.82. The minimum absolute atomic E-state index is 0.406. The lowest BCUT2D eigenvalue weighted by Crippen LogP contribution is -2.08. The summed E-state index contributed by atoms with van der Waals surface area (Å²) in [5.74, 6) is 0.607. The van der Waals surface area contributed by atoms with Crippen LogP contribution < -0.4 is 10.6 Å². The van der Waals surface area contributed by atoms with Crippen LogP contribution in [0.3, 0.4) is 0 Å². The van der Waals surface area contributed by atoms with Crippen LogP contribution in [0.2, 0.25) is 0 Å². The molecule has 2 N–H and O–H groups in total. The van der Waals surface area contributed by atoms with Crippen molar-refractivity contribution in [2.24, 2.45) is 0 Å². The molecule has 0 spiro atoms. The molecule has 0 aromatic carbocycles. The lowest BCUT2D eigenvalue weighted by molar-refractivity contribution is 0.0591. The predicted molar refractivity (Wildman–Crippen MR) is 107 cm³/mol. The molecular weight excluding hydrogens is 360 g/mol. The first-order chi connectivity index (χ1) is 13.5. The Labute approximate surface area is 164 Å². The molecule has 2 aromatic heterocycles. The Bertz CT molecular complexity index is 809. The van der Waals surface area contributed by atoms with Crippen molar-refractivity contribution in [3.8, 4) is 0 Å². The molecule has 148 valence electrons. The highest BCUT2D eigenvalue weighted by atomic mass is 16.5. The van der Waals surface area contributed by atoms with E-state index in [9.17, 15) is 9.59 Å². The number of ether oxygens (including phenoxy) is 2. The minimum atomic E-state index is -0.406. The van der Waals surface area contributed by atoms with Crippen LogP contribution in [-0.4, -0.2) is 49.2 Å². The van der Waals surface area contributed by atoms with Gasteiger partial charge in [-0.2, -0.15) is 0 Å². The Morgan fingerprint density at radius 3 is 1.57 bits per heavy atom. The average molecular weight is 384 g/mol. The quantitative estimate of drug-likeness (QED) is 0.529. The second kappa shape index (κ2) is 10.1. The molecule has 0 amide bonds. The smallest absolute Gasteiger partial charge is 0.339 e. The molecule has 0 saturated heterocycles. The van der Waals surface area contributed by atoms with Crippen LogP contribution in [0.5, 0.6) is 0 Å². The van der Waals surface area contributed by atoms with E-state index in [0.29, 0.717) is 35.9 Å². The molecule has 0 aliphatic rings. The number of esters is 2. The number of carbonyl (C=O) groups excluding carboxylic acids is 2. The van der Waals surface area contributed by atoms with Gasteiger partial charge in [0.15, 0.2) is 0 Å². The van der Waals surface area contributed by atoms with Crippen molar-refractivity contribution in [2.75, 3.05) is 37.9 Å². The molecule has 0 aliphatic heterocycles. The molecule has 0 atom stereocenters. The van der Waals surface area contributed by atoms with Crippen LogP contribution >= 0.6 is 0 Å². The third-order valence-electron chi connectivity index (χ3n) is 3.94. The Kier molecular flexibility index (Phi) is 7.50. The number of anilines is 2. The number of pyridine rings is 2. The van der Waals surface area contributed by atoms with Crippen LogP contribution in [0.15, 0.2) is 36.7 Å². The van der Waals surface area contributed by atoms with Gasteiger partial charge in [0.05, 0.1) is 25.3 Å². The zero-order chi connectivity index (χ0) is 20.5. The Hall–Kier alpha value is -3.42. The molecule has 8 nitrogen and oxygen atoms in total. The van der Waals surface area contributed by atoms with Crippen LogP contribution in [0.1, 0.15) is 31.8 Å². The van der Waals surface area contributed by atoms with Crippen LogP contribution in [-0.2, 0) is 9.47 Å². The number of nitrogens with one attached hydrogen (secondary N) is 2. The summed E-state index contributed by atoms with van der Waals surface area (Å²) in [4.78, 5) is 31.5. The third-order valence-corrected chi connectivity index (χ3v) is 3.94. The fourth-order valence-corrected chi connectivity index (χ4v) is 2.46. The van der Waals surface area contributed by atoms with Gasteiger partial charge in [0.1, 0.15) is 11.6 Å². The van der Waals surface area contributed by atoms with E-state index in [0.717, 1.165) is 11.1 Å². The van der Waals surface area contributed by atoms with E-state index in [1.54, 1.807) is 12.1 Å². The summed E-state index contributed by atoms with van der Waals surface area (Å²) in [5, 5.41) is 6.38. The van der Waals surface area contributed by atoms with Crippen molar-refractivity contribution in [2.45, 2.75) is 13.8 Å². The minimum Gasteiger partial charge on any atom is -0.465 e. The van der Waals surface area contributed by atoms with Gasteiger partial charge in [0.25, 0.3) is 0 Å². The molecule has 0 fully saturated rings. The molecule has 0 bridgehead atoms. The summed E-state index contributed by atoms with van der Waals surface area (Å²) in [6.07, 6.45) is 6.89. The maximum Gasteiger partial charge on any atom is 0.339 e. The van der Waals surface area contributed by atoms with Gasteiger partial charge in [-0.25, -0.2) is 19.6 Å². The predicted octanol–water partition coefficient (Wildman–Crippen LogP) is 2.75. The third kappa shape index (κ3) is 5.54. The van der Waals surface area contributed by atoms with Crippen molar-refractivity contribution in [3.63, 3.8) is 0 Å². The first kappa shape index (κ1) is 20.9. The molecule has 2 rings (SSSR count). The fourth-order valence-electron chi connectivity index (χ4n) is 2.46. The van der Waals surface area contributed by atoms with E-state index in [1.807, 2.05) is 26.0 Å². The molecular formula is C20H24N4O4. The van der Waals surface area contributed by atoms with E-state index in [4.69, 9.17) is 0 Å². The summed E-state index contributed by atoms with van der Waals surface area (Å²) < 4.78 is 9.36. The molecule has 0 radical (unpaired) electrons. The van der Waals surface area contributed by atoms with Gasteiger partial charge in [0.2, 0.25) is 0 Å². The highest BCUT2D eigenvalue weighted by Gasteiger charge is 2.09. The van der Waals surface area contributed by atoms with E-state index >= 15 is 0 Å². The number of aryl methyl sites for hydroxylation is 2. The molecule has 2 heterocycles. The van der Waals surface area contributed by atoms with Gasteiger partial charge >= 0.3 is 11.9 Å². The largest absolute Gasteiger partial charge is 0.465 e. The van der Waals surface area contributed by atoms with Gasteiger partial charge in [-0.05, 0) is 37.1 Å². The monoisotopic (exact) mass is 384 g/mol. The number of hydrogen-bond acceptors (Lipinski definition) is 8. The number of nitrogens with zero attached hydrogens (tertiary/aromatic N) is 2. The first-order valence-corrected chi connectivity index (χ1v) is 8.69. The molecule has 0 aliphatic carbocycles. The van der Waals surface area contributed by atoms with E-state index in [1.165, 1.54) is 26.6 Å². The number of rotatable bonds is 8. The van der Waals surface area contributed by atoms with Gasteiger partial charge in [-0.3, -0.25) is 0 Å². The zero-order valence-electron chi connectivity index (χ0n) is 16.4. The second-order valence-corrected chi connectivity index (χ2v) is 6.00. The van der Waals surface area contributed by atoms with Gasteiger partial charge < -0.3 is 20.1 Å². The van der Waals surface area contributed by atoms with Gasteiger partial charge in [-0.1, -0.05) is 12.2 Å². The van der Waals surface area contributed by atoms with E-state index in [-0.39, 0.29) is 0 Å². The lowest BCUT2D eigenvalue weighted by atomic mass is 10.2. The van der Waals surface area contributed by atoms with Gasteiger partial charge in [0, 0.05) is 25.5 Å². The second-order valence-electron chi connectivity index (χ2n) is 6.00. The first-order valence-electron chi connectivity index (χ1n) is 8.69. The molecule has 28 heavy (non-hydrogen) atoms. The number of hydrogen-bond donors (Lipinski definition) is 2. The van der Waals surface area contributed by atoms with Crippen molar-refractivity contribution in [1.29, 1.82) is 0 Å². The maximum absolute atomic E-state index is 11.5. The molecule has 0 saturated carbocycles. The normalized spacial score (nSPS) is 10.6. The Morgan fingerprint density at radius 1 is 0.857 bits per heavy atom. The van der Waals surface area contributed by atoms with E-state index in [2.05, 4.69) is 30.1 Å². The highest BCUT2D eigenvalue weighted by molar-refractivity contribution is 5.90. The van der Waals surface area contributed by atoms with Crippen molar-refractivity contribution in [3.05, 3.63) is 58.9 Å². The van der Waals surface area contributed by atoms with Crippen LogP contribution in [0.4, 0.5) is 11.6 Å². The maximum atomic E-state index is 11.5. The summed E-state index contributed by atoms with van der Waals surface area (Å²) in [6.45, 7) is 4.92. The number of carbonyl (C=O) groups is 2. The average Bonchev–Trinajstić information content (AvgIpc) is 2.71. The topological polar surface area (TPSA) is 102 Å². The zero-order valence-corrected chi connectivity index (χ0v) is 16.4. The SMILES string of the molecule is COC(=O)c1cnc(NC/C=C/CNc2ncc(C(=O)OC)cc2C)c(C)c1. The summed E-state index contributed by atoms with van der Waals surface area (Å²) in [6, 6.07) is 3.47. The summed E-state index contributed by atoms with van der Waals surface area (Å²) in [7, 11) is 2.68. The molecule has 8 heteroatoms. The lowest BCUT2D eigenvalue weighted by Gasteiger charge is -2.08. The standard InChI is InChI=1S/C20H24N4O4/c1-13-9-15(19(25)27-3)11-23-17(13)21-7-5-6-8-22-18-14(2)10-16(12-24-18)20(26)28-4/h5-6,9-12H,7-8H2,1-4H3,(H,21,23)(H,22,24)/b6-5+. The highest BCUT2D eigenvalue weighted by Crippen LogP contribution is 2.14. The fraction of sp³-hybridized carbons (Fsp3) is 0.300. The number of aromatic nitrogens is 2. The van der Waals surface area contributed by atoms with Gasteiger partial charge in [-0.15, -0.1) is 0 Å². The number of methoxy groups -OCH3 is 2. The van der Waals surface area contributed by atoms with Crippen LogP contribution in [0.25, 0.3) is 0 Å².